The number of morpholine rings is 1. The molecule has 3 rings (SSSR count). The van der Waals surface area contributed by atoms with Gasteiger partial charge in [0.2, 0.25) is 0 Å². The van der Waals surface area contributed by atoms with Gasteiger partial charge in [0.25, 0.3) is 0 Å². The summed E-state index contributed by atoms with van der Waals surface area (Å²) in [5.41, 5.74) is 1.41. The van der Waals surface area contributed by atoms with Gasteiger partial charge < -0.3 is 39.5 Å². The molecule has 104 valence electrons. The molecule has 0 aromatic heterocycles. The Labute approximate surface area is 120 Å². The van der Waals surface area contributed by atoms with Crippen molar-refractivity contribution in [1.29, 1.82) is 0 Å². The van der Waals surface area contributed by atoms with Gasteiger partial charge in [0.1, 0.15) is 0 Å². The van der Waals surface area contributed by atoms with Crippen LogP contribution in [0.25, 0.3) is 0 Å². The molecule has 0 unspecified atom stereocenters. The van der Waals surface area contributed by atoms with E-state index in [4.69, 9.17) is 4.74 Å². The first-order valence-corrected chi connectivity index (χ1v) is 6.12. The van der Waals surface area contributed by atoms with E-state index in [1.165, 1.54) is 5.56 Å². The summed E-state index contributed by atoms with van der Waals surface area (Å²) >= 11 is 0. The minimum absolute atomic E-state index is 0. The molecule has 2 aromatic carbocycles. The van der Waals surface area contributed by atoms with Crippen LogP contribution < -0.4 is 0 Å². The molecule has 18 heavy (non-hydrogen) atoms. The topological polar surface area (TPSA) is 12.5 Å². The van der Waals surface area contributed by atoms with Gasteiger partial charge in [-0.15, -0.1) is 0 Å². The Morgan fingerprint density at radius 2 is 1.67 bits per heavy atom. The van der Waals surface area contributed by atoms with Gasteiger partial charge in [-0.05, 0) is 0 Å². The van der Waals surface area contributed by atoms with Crippen LogP contribution in [0.15, 0.2) is 54.6 Å². The van der Waals surface area contributed by atoms with Gasteiger partial charge in [-0.1, -0.05) is 0 Å². The van der Waals surface area contributed by atoms with Crippen LogP contribution in [-0.2, 0) is 28.4 Å². The van der Waals surface area contributed by atoms with E-state index >= 15 is 0 Å². The van der Waals surface area contributed by atoms with E-state index < -0.39 is 0 Å². The standard InChI is InChI=1S/C10H14NO.C5H5.Fe/c1-2-4-10(3-1)9-11-5-7-12-8-6-11;1-2-4-5-3-1;/h1-4H,5-9H2;1-5H;/q-5;-1;. The third-order valence-corrected chi connectivity index (χ3v) is 2.80. The fourth-order valence-corrected chi connectivity index (χ4v) is 1.86. The van der Waals surface area contributed by atoms with Gasteiger partial charge in [-0.25, -0.2) is 12.1 Å². The molecule has 0 aliphatic carbocycles. The molecule has 2 aromatic rings. The second kappa shape index (κ2) is 9.12. The first-order chi connectivity index (χ1) is 8.45. The van der Waals surface area contributed by atoms with Crippen molar-refractivity contribution in [2.75, 3.05) is 26.3 Å². The second-order valence-electron chi connectivity index (χ2n) is 4.14. The molecule has 1 aliphatic heterocycles. The predicted molar refractivity (Wildman–Crippen MR) is 70.2 cm³/mol. The molecule has 3 heteroatoms. The average Bonchev–Trinajstić information content (AvgIpc) is 3.06. The van der Waals surface area contributed by atoms with Crippen LogP contribution in [0, 0.1) is 0 Å². The molecule has 0 amide bonds. The van der Waals surface area contributed by atoms with E-state index in [9.17, 15) is 0 Å². The van der Waals surface area contributed by atoms with E-state index in [1.807, 2.05) is 30.3 Å². The fourth-order valence-electron chi connectivity index (χ4n) is 1.86. The Morgan fingerprint density at radius 3 is 2.17 bits per heavy atom. The molecule has 0 N–H and O–H groups in total. The minimum atomic E-state index is 0. The summed E-state index contributed by atoms with van der Waals surface area (Å²) in [5, 5.41) is 0. The molecular weight excluding hydrogens is 266 g/mol. The Hall–Kier alpha value is -0.861. The first kappa shape index (κ1) is 15.2. The molecule has 1 heterocycles. The van der Waals surface area contributed by atoms with Crippen molar-refractivity contribution in [3.8, 4) is 0 Å². The smallest absolute Gasteiger partial charge is 0.0593 e. The molecule has 0 atom stereocenters. The van der Waals surface area contributed by atoms with E-state index in [2.05, 4.69) is 29.2 Å². The quantitative estimate of drug-likeness (QED) is 0.621. The van der Waals surface area contributed by atoms with Crippen LogP contribution in [0.3, 0.4) is 0 Å². The molecule has 0 bridgehead atoms. The number of nitrogens with zero attached hydrogens (tertiary/aromatic N) is 1. The van der Waals surface area contributed by atoms with E-state index in [-0.39, 0.29) is 17.1 Å². The molecule has 0 radical (unpaired) electrons. The number of rotatable bonds is 2. The van der Waals surface area contributed by atoms with Gasteiger partial charge in [0.05, 0.1) is 13.2 Å². The monoisotopic (exact) mass is 285 g/mol. The Bertz CT molecular complexity index is 346. The molecule has 0 saturated carbocycles. The minimum Gasteiger partial charge on any atom is -0.748 e. The molecular formula is C15H19FeNO-6. The van der Waals surface area contributed by atoms with Crippen molar-refractivity contribution >= 4 is 0 Å². The number of hydrogen-bond donors (Lipinski definition) is 0. The Kier molecular flexibility index (Phi) is 7.70. The van der Waals surface area contributed by atoms with Crippen molar-refractivity contribution in [1.82, 2.24) is 4.90 Å². The summed E-state index contributed by atoms with van der Waals surface area (Å²) in [6, 6.07) is 18.5. The first-order valence-electron chi connectivity index (χ1n) is 6.12. The summed E-state index contributed by atoms with van der Waals surface area (Å²) in [7, 11) is 0. The van der Waals surface area contributed by atoms with Crippen LogP contribution in [0.4, 0.5) is 0 Å². The molecule has 1 saturated heterocycles. The Balaban J connectivity index is 0.000000230. The van der Waals surface area contributed by atoms with E-state index in [0.717, 1.165) is 32.8 Å². The van der Waals surface area contributed by atoms with Gasteiger partial charge >= 0.3 is 0 Å². The third-order valence-electron chi connectivity index (χ3n) is 2.80. The summed E-state index contributed by atoms with van der Waals surface area (Å²) in [6.45, 7) is 5.01. The Morgan fingerprint density at radius 1 is 1.06 bits per heavy atom. The summed E-state index contributed by atoms with van der Waals surface area (Å²) < 4.78 is 5.28. The number of ether oxygens (including phenoxy) is 1. The maximum Gasteiger partial charge on any atom is 0.0593 e. The summed E-state index contributed by atoms with van der Waals surface area (Å²) in [6.07, 6.45) is 0. The van der Waals surface area contributed by atoms with Crippen LogP contribution in [0.1, 0.15) is 5.56 Å². The summed E-state index contributed by atoms with van der Waals surface area (Å²) in [4.78, 5) is 2.43. The van der Waals surface area contributed by atoms with Crippen LogP contribution in [-0.4, -0.2) is 31.2 Å². The van der Waals surface area contributed by atoms with Crippen molar-refractivity contribution in [3.63, 3.8) is 0 Å². The van der Waals surface area contributed by atoms with Gasteiger partial charge in [-0.2, -0.15) is 24.7 Å². The van der Waals surface area contributed by atoms with Crippen molar-refractivity contribution in [2.24, 2.45) is 0 Å². The van der Waals surface area contributed by atoms with Gasteiger partial charge in [0.15, 0.2) is 0 Å². The second-order valence-corrected chi connectivity index (χ2v) is 4.14. The van der Waals surface area contributed by atoms with Crippen molar-refractivity contribution in [2.45, 2.75) is 6.54 Å². The average molecular weight is 285 g/mol. The third kappa shape index (κ3) is 5.65. The zero-order valence-corrected chi connectivity index (χ0v) is 11.5. The largest absolute Gasteiger partial charge is 0.748 e. The van der Waals surface area contributed by atoms with Crippen LogP contribution >= 0.6 is 0 Å². The fraction of sp³-hybridized carbons (Fsp3) is 0.333. The predicted octanol–water partition coefficient (Wildman–Crippen LogP) is 2.64. The molecule has 1 fully saturated rings. The number of hydrogen-bond acceptors (Lipinski definition) is 2. The van der Waals surface area contributed by atoms with E-state index in [1.54, 1.807) is 0 Å². The zero-order chi connectivity index (χ0) is 11.8. The van der Waals surface area contributed by atoms with Crippen LogP contribution in [0.2, 0.25) is 0 Å². The van der Waals surface area contributed by atoms with Crippen molar-refractivity contribution in [3.05, 3.63) is 60.2 Å². The maximum absolute atomic E-state index is 5.28. The van der Waals surface area contributed by atoms with Crippen molar-refractivity contribution < 1.29 is 21.8 Å². The molecule has 2 nitrogen and oxygen atoms in total. The SMILES string of the molecule is [Fe].[cH-]1[cH-][cH-][c-](CN2CCOCC2)[cH-]1.c1cc[cH-]c1. The normalized spacial score (nSPS) is 15.3. The maximum atomic E-state index is 5.28. The molecule has 0 spiro atoms. The molecule has 1 aliphatic rings. The zero-order valence-electron chi connectivity index (χ0n) is 10.4. The van der Waals surface area contributed by atoms with E-state index in [0.29, 0.717) is 0 Å². The van der Waals surface area contributed by atoms with Gasteiger partial charge in [0, 0.05) is 30.2 Å². The van der Waals surface area contributed by atoms with Crippen LogP contribution in [0.5, 0.6) is 0 Å². The van der Waals surface area contributed by atoms with Gasteiger partial charge in [-0.3, -0.25) is 0 Å². The summed E-state index contributed by atoms with van der Waals surface area (Å²) in [5.74, 6) is 0.